The molecule has 9 heteroatoms. The second-order valence-electron chi connectivity index (χ2n) is 18.0. The van der Waals surface area contributed by atoms with Crippen LogP contribution in [0, 0.1) is 29.6 Å². The molecule has 7 nitrogen and oxygen atoms in total. The van der Waals surface area contributed by atoms with Crippen LogP contribution in [0.2, 0.25) is 0 Å². The number of aromatic nitrogens is 3. The molecule has 0 fully saturated rings. The van der Waals surface area contributed by atoms with Gasteiger partial charge in [-0.2, -0.15) is 5.11 Å². The third-order valence-electron chi connectivity index (χ3n) is 6.36. The monoisotopic (exact) mass is 892 g/mol. The van der Waals surface area contributed by atoms with E-state index in [-0.39, 0.29) is 6.04 Å². The molecule has 3 aromatic carbocycles. The topological polar surface area (TPSA) is 87.8 Å². The molecule has 3 aliphatic rings. The molecular weight excluding hydrogens is 811 g/mol. The lowest BCUT2D eigenvalue weighted by molar-refractivity contribution is 0.736. The number of nitrogens with one attached hydrogen (secondary N) is 1. The van der Waals surface area contributed by atoms with Crippen LogP contribution in [-0.2, 0) is 6.42 Å². The Kier molecular flexibility index (Phi) is 34.8. The number of rotatable bonds is 0. The van der Waals surface area contributed by atoms with Crippen LogP contribution in [0.3, 0.4) is 0 Å². The minimum Gasteiger partial charge on any atom is -0.385 e. The second-order valence-corrected chi connectivity index (χ2v) is 19.6. The Morgan fingerprint density at radius 1 is 0.587 bits per heavy atom. The van der Waals surface area contributed by atoms with Crippen molar-refractivity contribution in [2.75, 3.05) is 11.9 Å². The van der Waals surface area contributed by atoms with Gasteiger partial charge in [-0.3, -0.25) is 9.97 Å². The molecule has 0 saturated carbocycles. The van der Waals surface area contributed by atoms with Crippen molar-refractivity contribution in [2.24, 2.45) is 45.0 Å². The van der Waals surface area contributed by atoms with Crippen LogP contribution in [0.1, 0.15) is 116 Å². The van der Waals surface area contributed by atoms with Crippen LogP contribution in [0.25, 0.3) is 21.1 Å². The van der Waals surface area contributed by atoms with Gasteiger partial charge >= 0.3 is 0 Å². The quantitative estimate of drug-likeness (QED) is 0.165. The van der Waals surface area contributed by atoms with Gasteiger partial charge in [-0.15, -0.1) is 27.8 Å². The third kappa shape index (κ3) is 35.3. The number of pyridine rings is 1. The molecule has 1 unspecified atom stereocenters. The average Bonchev–Trinajstić information content (AvgIpc) is 4.06. The highest BCUT2D eigenvalue weighted by atomic mass is 32.1. The first-order chi connectivity index (χ1) is 30.0. The summed E-state index contributed by atoms with van der Waals surface area (Å²) in [5.41, 5.74) is 9.55. The molecule has 0 spiro atoms. The van der Waals surface area contributed by atoms with Crippen molar-refractivity contribution < 1.29 is 0 Å². The summed E-state index contributed by atoms with van der Waals surface area (Å²) in [6, 6.07) is 28.8. The Morgan fingerprint density at radius 3 is 1.70 bits per heavy atom. The van der Waals surface area contributed by atoms with Crippen molar-refractivity contribution in [1.82, 2.24) is 15.0 Å². The maximum atomic E-state index is 4.18. The lowest BCUT2D eigenvalue weighted by Crippen LogP contribution is -2.11. The van der Waals surface area contributed by atoms with E-state index in [2.05, 4.69) is 182 Å². The van der Waals surface area contributed by atoms with E-state index < -0.39 is 0 Å². The number of para-hydroxylation sites is 3. The minimum atomic E-state index is 0.106. The van der Waals surface area contributed by atoms with Crippen LogP contribution >= 0.6 is 22.7 Å². The van der Waals surface area contributed by atoms with Crippen LogP contribution < -0.4 is 5.32 Å². The fraction of sp³-hybridized carbons (Fsp3) is 0.444. The van der Waals surface area contributed by atoms with E-state index >= 15 is 0 Å². The molecular formula is C54H81N7S2. The largest absolute Gasteiger partial charge is 0.385 e. The van der Waals surface area contributed by atoms with E-state index in [1.165, 1.54) is 34.2 Å². The minimum absolute atomic E-state index is 0.106. The van der Waals surface area contributed by atoms with E-state index in [9.17, 15) is 0 Å². The molecule has 6 aromatic rings. The van der Waals surface area contributed by atoms with Crippen molar-refractivity contribution in [1.29, 1.82) is 0 Å². The molecule has 0 radical (unpaired) electrons. The third-order valence-corrected chi connectivity index (χ3v) is 7.69. The summed E-state index contributed by atoms with van der Waals surface area (Å²) < 4.78 is 1.26. The van der Waals surface area contributed by atoms with Gasteiger partial charge in [-0.1, -0.05) is 177 Å². The van der Waals surface area contributed by atoms with Crippen LogP contribution in [0.5, 0.6) is 0 Å². The SMILES string of the molecule is C1=CC2=NN=NC2C=C1.CC(C)C.CC(C)C.CC(C)C.CC(C)C.CC(C)C.c1ccc2c(c1)CCCN2.c1ccc2ncccc2c1.c1ccc2scnc2c1.c1cscn1. The molecule has 5 heterocycles. The summed E-state index contributed by atoms with van der Waals surface area (Å²) >= 11 is 3.28. The van der Waals surface area contributed by atoms with E-state index in [0.717, 1.165) is 52.9 Å². The summed E-state index contributed by atoms with van der Waals surface area (Å²) in [7, 11) is 0. The van der Waals surface area contributed by atoms with Crippen molar-refractivity contribution in [3.05, 3.63) is 144 Å². The highest BCUT2D eigenvalue weighted by molar-refractivity contribution is 7.16. The van der Waals surface area contributed by atoms with Gasteiger partial charge in [-0.05, 0) is 89.6 Å². The van der Waals surface area contributed by atoms with Crippen molar-refractivity contribution in [2.45, 2.75) is 123 Å². The number of allylic oxidation sites excluding steroid dienone is 2. The Bertz CT molecular complexity index is 1870. The second kappa shape index (κ2) is 37.7. The van der Waals surface area contributed by atoms with Crippen LogP contribution in [0.15, 0.2) is 153 Å². The van der Waals surface area contributed by atoms with Crippen molar-refractivity contribution in [3.8, 4) is 0 Å². The predicted molar refractivity (Wildman–Crippen MR) is 284 cm³/mol. The number of benzene rings is 3. The lowest BCUT2D eigenvalue weighted by Gasteiger charge is -2.16. The van der Waals surface area contributed by atoms with E-state index in [1.807, 2.05) is 83.9 Å². The van der Waals surface area contributed by atoms with Crippen molar-refractivity contribution in [3.63, 3.8) is 0 Å². The fourth-order valence-corrected chi connectivity index (χ4v) is 5.28. The Labute approximate surface area is 391 Å². The van der Waals surface area contributed by atoms with Gasteiger partial charge in [0.2, 0.25) is 0 Å². The first kappa shape index (κ1) is 58.1. The molecule has 1 aliphatic carbocycles. The molecule has 0 bridgehead atoms. The number of aryl methyl sites for hydroxylation is 1. The highest BCUT2D eigenvalue weighted by Gasteiger charge is 2.15. The number of fused-ring (bicyclic) bond motifs is 4. The zero-order valence-corrected chi connectivity index (χ0v) is 43.0. The molecule has 9 rings (SSSR count). The van der Waals surface area contributed by atoms with Crippen molar-refractivity contribution >= 4 is 55.2 Å². The predicted octanol–water partition coefficient (Wildman–Crippen LogP) is 17.3. The normalized spacial score (nSPS) is 13.1. The van der Waals surface area contributed by atoms with Gasteiger partial charge in [-0.25, -0.2) is 4.98 Å². The number of anilines is 1. The molecule has 0 amide bonds. The molecule has 63 heavy (non-hydrogen) atoms. The smallest absolute Gasteiger partial charge is 0.135 e. The number of nitrogens with zero attached hydrogens (tertiary/aromatic N) is 6. The number of hydrogen-bond donors (Lipinski definition) is 1. The summed E-state index contributed by atoms with van der Waals surface area (Å²) in [5.74, 6) is 4.17. The summed E-state index contributed by atoms with van der Waals surface area (Å²) in [6.07, 6.45) is 13.9. The molecule has 0 saturated heterocycles. The fourth-order valence-electron chi connectivity index (χ4n) is 4.25. The molecule has 1 atom stereocenters. The molecule has 2 aliphatic heterocycles. The Balaban J connectivity index is 0.000000698. The summed E-state index contributed by atoms with van der Waals surface area (Å²) in [4.78, 5) is 12.1. The maximum Gasteiger partial charge on any atom is 0.135 e. The zero-order chi connectivity index (χ0) is 47.3. The van der Waals surface area contributed by atoms with Crippen LogP contribution in [0.4, 0.5) is 5.69 Å². The van der Waals surface area contributed by atoms with E-state index in [0.29, 0.717) is 0 Å². The molecule has 1 N–H and O–H groups in total. The van der Waals surface area contributed by atoms with Gasteiger partial charge in [0, 0.05) is 35.4 Å². The van der Waals surface area contributed by atoms with Crippen LogP contribution in [-0.4, -0.2) is 33.3 Å². The summed E-state index contributed by atoms with van der Waals surface area (Å²) in [5, 5.41) is 17.7. The number of thiazole rings is 2. The van der Waals surface area contributed by atoms with Gasteiger partial charge < -0.3 is 5.32 Å². The van der Waals surface area contributed by atoms with Gasteiger partial charge in [0.05, 0.1) is 32.5 Å². The Morgan fingerprint density at radius 2 is 1.16 bits per heavy atom. The first-order valence-corrected chi connectivity index (χ1v) is 24.4. The van der Waals surface area contributed by atoms with E-state index in [1.54, 1.807) is 34.4 Å². The van der Waals surface area contributed by atoms with Gasteiger partial charge in [0.25, 0.3) is 0 Å². The van der Waals surface area contributed by atoms with E-state index in [4.69, 9.17) is 0 Å². The lowest BCUT2D eigenvalue weighted by atomic mass is 10.0. The molecule has 3 aromatic heterocycles. The number of hydrogen-bond acceptors (Lipinski definition) is 9. The molecule has 344 valence electrons. The highest BCUT2D eigenvalue weighted by Crippen LogP contribution is 2.20. The summed E-state index contributed by atoms with van der Waals surface area (Å²) in [6.45, 7) is 33.6. The van der Waals surface area contributed by atoms with Gasteiger partial charge in [0.15, 0.2) is 0 Å². The average molecular weight is 892 g/mol. The maximum absolute atomic E-state index is 4.18. The zero-order valence-electron chi connectivity index (χ0n) is 41.4. The van der Waals surface area contributed by atoms with Gasteiger partial charge in [0.1, 0.15) is 6.04 Å². The first-order valence-electron chi connectivity index (χ1n) is 22.6. The standard InChI is InChI=1S/C9H11N.C9H7N.C7H5NS.C6H5N3.5C4H10.C3H3NS/c2*1-2-6-9-8(4-1)5-3-7-10-9;1-2-4-7-6(3-1)8-5-9-7;1-2-4-6-5(3-1)7-9-8-6;5*1-4(2)3;1-2-5-3-4-1/h1-2,4,6,10H,3,5,7H2;1-7H;2*1-5H;5*4H,1-3H3;1-3H. The Hall–Kier alpha value is -4.86.